The van der Waals surface area contributed by atoms with E-state index in [1.54, 1.807) is 0 Å². The molecule has 1 N–H and O–H groups in total. The average molecular weight is 213 g/mol. The van der Waals surface area contributed by atoms with Crippen molar-refractivity contribution in [3.63, 3.8) is 0 Å². The number of likely N-dealkylation sites (tertiary alicyclic amines) is 1. The standard InChI is InChI=1S/C12H23NO2/c1-4-10-7-5-6-8-13(10)9-12(2,3)11(14)15/h10H,4-9H2,1-3H3,(H,14,15). The summed E-state index contributed by atoms with van der Waals surface area (Å²) in [4.78, 5) is 13.4. The normalized spacial score (nSPS) is 24.1. The number of carbonyl (C=O) groups is 1. The lowest BCUT2D eigenvalue weighted by Gasteiger charge is -2.38. The molecule has 1 fully saturated rings. The summed E-state index contributed by atoms with van der Waals surface area (Å²) in [6.07, 6.45) is 4.87. The zero-order chi connectivity index (χ0) is 11.5. The number of hydrogen-bond donors (Lipinski definition) is 1. The zero-order valence-electron chi connectivity index (χ0n) is 10.1. The second kappa shape index (κ2) is 4.97. The molecular weight excluding hydrogens is 190 g/mol. The Balaban J connectivity index is 2.58. The Hall–Kier alpha value is -0.570. The maximum atomic E-state index is 11.1. The molecule has 0 aliphatic carbocycles. The van der Waals surface area contributed by atoms with Crippen LogP contribution in [0.4, 0.5) is 0 Å². The molecule has 3 nitrogen and oxygen atoms in total. The summed E-state index contributed by atoms with van der Waals surface area (Å²) < 4.78 is 0. The van der Waals surface area contributed by atoms with E-state index in [1.807, 2.05) is 13.8 Å². The first kappa shape index (κ1) is 12.5. The first-order valence-electron chi connectivity index (χ1n) is 5.95. The van der Waals surface area contributed by atoms with Crippen molar-refractivity contribution < 1.29 is 9.90 Å². The summed E-state index contributed by atoms with van der Waals surface area (Å²) in [5.74, 6) is -0.692. The summed E-state index contributed by atoms with van der Waals surface area (Å²) in [6, 6.07) is 0.595. The van der Waals surface area contributed by atoms with Crippen LogP contribution in [0.15, 0.2) is 0 Å². The molecule has 0 aromatic rings. The minimum Gasteiger partial charge on any atom is -0.481 e. The number of carboxylic acids is 1. The Kier molecular flexibility index (Phi) is 4.14. The van der Waals surface area contributed by atoms with Gasteiger partial charge in [0.2, 0.25) is 0 Å². The lowest BCUT2D eigenvalue weighted by atomic mass is 9.90. The summed E-state index contributed by atoms with van der Waals surface area (Å²) in [5.41, 5.74) is -0.620. The number of hydrogen-bond acceptors (Lipinski definition) is 2. The van der Waals surface area contributed by atoms with Gasteiger partial charge in [0.15, 0.2) is 0 Å². The molecule has 1 saturated heterocycles. The zero-order valence-corrected chi connectivity index (χ0v) is 10.1. The van der Waals surface area contributed by atoms with E-state index in [0.717, 1.165) is 13.0 Å². The SMILES string of the molecule is CCC1CCCCN1CC(C)(C)C(=O)O. The van der Waals surface area contributed by atoms with Gasteiger partial charge in [0.25, 0.3) is 0 Å². The minimum absolute atomic E-state index is 0.595. The van der Waals surface area contributed by atoms with Gasteiger partial charge in [0, 0.05) is 12.6 Å². The third-order valence-electron chi connectivity index (χ3n) is 3.40. The lowest BCUT2D eigenvalue weighted by molar-refractivity contribution is -0.148. The lowest BCUT2D eigenvalue weighted by Crippen LogP contribution is -2.46. The van der Waals surface area contributed by atoms with Crippen LogP contribution in [0.5, 0.6) is 0 Å². The summed E-state index contributed by atoms with van der Waals surface area (Å²) >= 11 is 0. The number of nitrogens with zero attached hydrogens (tertiary/aromatic N) is 1. The van der Waals surface area contributed by atoms with Crippen molar-refractivity contribution in [3.05, 3.63) is 0 Å². The third-order valence-corrected chi connectivity index (χ3v) is 3.40. The van der Waals surface area contributed by atoms with E-state index in [4.69, 9.17) is 5.11 Å². The van der Waals surface area contributed by atoms with Crippen LogP contribution in [0.25, 0.3) is 0 Å². The fourth-order valence-electron chi connectivity index (χ4n) is 2.31. The van der Waals surface area contributed by atoms with Crippen molar-refractivity contribution >= 4 is 5.97 Å². The highest BCUT2D eigenvalue weighted by atomic mass is 16.4. The Labute approximate surface area is 92.5 Å². The molecule has 15 heavy (non-hydrogen) atoms. The maximum Gasteiger partial charge on any atom is 0.310 e. The maximum absolute atomic E-state index is 11.1. The summed E-state index contributed by atoms with van der Waals surface area (Å²) in [6.45, 7) is 7.57. The van der Waals surface area contributed by atoms with Crippen molar-refractivity contribution in [2.75, 3.05) is 13.1 Å². The average Bonchev–Trinajstić information content (AvgIpc) is 2.18. The van der Waals surface area contributed by atoms with E-state index in [1.165, 1.54) is 19.3 Å². The van der Waals surface area contributed by atoms with E-state index in [9.17, 15) is 4.79 Å². The predicted molar refractivity (Wildman–Crippen MR) is 60.9 cm³/mol. The van der Waals surface area contributed by atoms with Gasteiger partial charge in [-0.25, -0.2) is 0 Å². The molecule has 1 heterocycles. The van der Waals surface area contributed by atoms with Crippen LogP contribution in [-0.4, -0.2) is 35.1 Å². The van der Waals surface area contributed by atoms with Gasteiger partial charge in [0.1, 0.15) is 0 Å². The summed E-state index contributed by atoms with van der Waals surface area (Å²) in [5, 5.41) is 9.10. The fourth-order valence-corrected chi connectivity index (χ4v) is 2.31. The molecule has 1 aliphatic rings. The highest BCUT2D eigenvalue weighted by Crippen LogP contribution is 2.25. The van der Waals surface area contributed by atoms with Crippen LogP contribution < -0.4 is 0 Å². The van der Waals surface area contributed by atoms with Crippen LogP contribution >= 0.6 is 0 Å². The molecule has 3 heteroatoms. The van der Waals surface area contributed by atoms with Gasteiger partial charge in [-0.3, -0.25) is 9.69 Å². The molecule has 0 bridgehead atoms. The second-order valence-corrected chi connectivity index (χ2v) is 5.22. The Bertz CT molecular complexity index is 226. The largest absolute Gasteiger partial charge is 0.481 e. The second-order valence-electron chi connectivity index (χ2n) is 5.22. The molecule has 0 amide bonds. The predicted octanol–water partition coefficient (Wildman–Crippen LogP) is 2.36. The molecule has 88 valence electrons. The summed E-state index contributed by atoms with van der Waals surface area (Å²) in [7, 11) is 0. The first-order chi connectivity index (χ1) is 6.97. The Morgan fingerprint density at radius 2 is 2.13 bits per heavy atom. The fraction of sp³-hybridized carbons (Fsp3) is 0.917. The molecule has 0 spiro atoms. The van der Waals surface area contributed by atoms with Crippen LogP contribution in [0.1, 0.15) is 46.5 Å². The highest BCUT2D eigenvalue weighted by molar-refractivity contribution is 5.73. The number of aliphatic carboxylic acids is 1. The Morgan fingerprint density at radius 3 is 2.67 bits per heavy atom. The minimum atomic E-state index is -0.692. The van der Waals surface area contributed by atoms with Crippen LogP contribution in [0, 0.1) is 5.41 Å². The van der Waals surface area contributed by atoms with Crippen LogP contribution in [0.3, 0.4) is 0 Å². The molecule has 1 rings (SSSR count). The third kappa shape index (κ3) is 3.20. The van der Waals surface area contributed by atoms with Crippen molar-refractivity contribution in [3.8, 4) is 0 Å². The molecule has 0 aromatic heterocycles. The van der Waals surface area contributed by atoms with Gasteiger partial charge in [-0.1, -0.05) is 13.3 Å². The van der Waals surface area contributed by atoms with Gasteiger partial charge in [-0.05, 0) is 39.7 Å². The van der Waals surface area contributed by atoms with Gasteiger partial charge in [-0.15, -0.1) is 0 Å². The van der Waals surface area contributed by atoms with Gasteiger partial charge >= 0.3 is 5.97 Å². The monoisotopic (exact) mass is 213 g/mol. The van der Waals surface area contributed by atoms with Gasteiger partial charge < -0.3 is 5.11 Å². The smallest absolute Gasteiger partial charge is 0.310 e. The van der Waals surface area contributed by atoms with E-state index in [0.29, 0.717) is 12.6 Å². The van der Waals surface area contributed by atoms with E-state index >= 15 is 0 Å². The topological polar surface area (TPSA) is 40.5 Å². The molecule has 1 aliphatic heterocycles. The van der Waals surface area contributed by atoms with Crippen molar-refractivity contribution in [2.24, 2.45) is 5.41 Å². The van der Waals surface area contributed by atoms with E-state index in [2.05, 4.69) is 11.8 Å². The van der Waals surface area contributed by atoms with Crippen molar-refractivity contribution in [2.45, 2.75) is 52.5 Å². The van der Waals surface area contributed by atoms with E-state index in [-0.39, 0.29) is 0 Å². The first-order valence-corrected chi connectivity index (χ1v) is 5.95. The molecule has 1 unspecified atom stereocenters. The Morgan fingerprint density at radius 1 is 1.47 bits per heavy atom. The van der Waals surface area contributed by atoms with Gasteiger partial charge in [0.05, 0.1) is 5.41 Å². The molecule has 0 saturated carbocycles. The van der Waals surface area contributed by atoms with Crippen molar-refractivity contribution in [1.82, 2.24) is 4.90 Å². The van der Waals surface area contributed by atoms with E-state index < -0.39 is 11.4 Å². The number of carboxylic acid groups (broad SMARTS) is 1. The number of rotatable bonds is 4. The molecular formula is C12H23NO2. The van der Waals surface area contributed by atoms with Crippen molar-refractivity contribution in [1.29, 1.82) is 0 Å². The molecule has 0 radical (unpaired) electrons. The highest BCUT2D eigenvalue weighted by Gasteiger charge is 2.32. The number of piperidine rings is 1. The van der Waals surface area contributed by atoms with Gasteiger partial charge in [-0.2, -0.15) is 0 Å². The quantitative estimate of drug-likeness (QED) is 0.779. The van der Waals surface area contributed by atoms with Crippen LogP contribution in [0.2, 0.25) is 0 Å². The van der Waals surface area contributed by atoms with Crippen LogP contribution in [-0.2, 0) is 4.79 Å². The molecule has 1 atom stereocenters. The molecule has 0 aromatic carbocycles.